The third-order valence-electron chi connectivity index (χ3n) is 5.89. The zero-order valence-electron chi connectivity index (χ0n) is 19.7. The van der Waals surface area contributed by atoms with Crippen molar-refractivity contribution >= 4 is 31.4 Å². The first-order valence-electron chi connectivity index (χ1n) is 11.3. The van der Waals surface area contributed by atoms with Crippen LogP contribution in [0.1, 0.15) is 12.8 Å². The quantitative estimate of drug-likeness (QED) is 0.491. The summed E-state index contributed by atoms with van der Waals surface area (Å²) in [5.41, 5.74) is 1.26. The van der Waals surface area contributed by atoms with Gasteiger partial charge in [0.05, 0.1) is 21.2 Å². The average Bonchev–Trinajstić information content (AvgIpc) is 2.85. The minimum absolute atomic E-state index is 0.0139. The van der Waals surface area contributed by atoms with Crippen LogP contribution in [0.5, 0.6) is 5.75 Å². The van der Waals surface area contributed by atoms with Gasteiger partial charge in [-0.3, -0.25) is 4.72 Å². The van der Waals surface area contributed by atoms with Crippen molar-refractivity contribution in [2.45, 2.75) is 28.7 Å². The zero-order chi connectivity index (χ0) is 25.1. The van der Waals surface area contributed by atoms with E-state index in [2.05, 4.69) is 9.62 Å². The van der Waals surface area contributed by atoms with Crippen molar-refractivity contribution in [1.29, 1.82) is 0 Å². The molecule has 1 N–H and O–H groups in total. The summed E-state index contributed by atoms with van der Waals surface area (Å²) in [5, 5.41) is 0. The highest BCUT2D eigenvalue weighted by Crippen LogP contribution is 2.31. The maximum Gasteiger partial charge on any atom is 0.261 e. The van der Waals surface area contributed by atoms with E-state index in [0.29, 0.717) is 5.69 Å². The van der Waals surface area contributed by atoms with Gasteiger partial charge in [-0.1, -0.05) is 30.3 Å². The highest BCUT2D eigenvalue weighted by molar-refractivity contribution is 7.92. The molecule has 0 spiro atoms. The van der Waals surface area contributed by atoms with Crippen LogP contribution in [-0.2, 0) is 20.0 Å². The second-order valence-electron chi connectivity index (χ2n) is 8.50. The summed E-state index contributed by atoms with van der Waals surface area (Å²) in [6.45, 7) is 1.46. The summed E-state index contributed by atoms with van der Waals surface area (Å²) in [6.07, 6.45) is 1.74. The summed E-state index contributed by atoms with van der Waals surface area (Å²) < 4.78 is 60.5. The third-order valence-corrected chi connectivity index (χ3v) is 9.10. The molecule has 0 bridgehead atoms. The molecule has 0 saturated carbocycles. The maximum atomic E-state index is 13.1. The largest absolute Gasteiger partial charge is 0.490 e. The molecule has 1 fully saturated rings. The molecule has 0 aromatic heterocycles. The normalized spacial score (nSPS) is 15.2. The first-order chi connectivity index (χ1) is 16.7. The van der Waals surface area contributed by atoms with Crippen molar-refractivity contribution in [2.24, 2.45) is 0 Å². The lowest BCUT2D eigenvalue weighted by atomic mass is 10.1. The molecule has 1 saturated heterocycles. The fourth-order valence-corrected chi connectivity index (χ4v) is 5.92. The van der Waals surface area contributed by atoms with Crippen LogP contribution in [0, 0.1) is 0 Å². The Morgan fingerprint density at radius 1 is 0.800 bits per heavy atom. The van der Waals surface area contributed by atoms with Crippen molar-refractivity contribution in [1.82, 2.24) is 4.31 Å². The topological polar surface area (TPSA) is 96.0 Å². The van der Waals surface area contributed by atoms with E-state index >= 15 is 0 Å². The minimum Gasteiger partial charge on any atom is -0.490 e. The Bertz CT molecular complexity index is 1350. The van der Waals surface area contributed by atoms with Crippen molar-refractivity contribution in [3.8, 4) is 5.75 Å². The number of para-hydroxylation sites is 3. The monoisotopic (exact) mass is 515 g/mol. The number of hydrogen-bond donors (Lipinski definition) is 1. The summed E-state index contributed by atoms with van der Waals surface area (Å²) in [5.74, 6) is 0.850. The second-order valence-corrected chi connectivity index (χ2v) is 12.3. The molecule has 1 aliphatic heterocycles. The van der Waals surface area contributed by atoms with Crippen molar-refractivity contribution in [3.63, 3.8) is 0 Å². The molecule has 0 atom stereocenters. The number of nitrogens with one attached hydrogen (secondary N) is 1. The molecule has 10 heteroatoms. The molecule has 186 valence electrons. The molecular formula is C25H29N3O5S2. The predicted octanol–water partition coefficient (Wildman–Crippen LogP) is 3.79. The number of ether oxygens (including phenoxy) is 1. The van der Waals surface area contributed by atoms with Gasteiger partial charge in [0.25, 0.3) is 10.0 Å². The SMILES string of the molecule is CN(C)S(=O)(=O)c1ccc(S(=O)(=O)Nc2ccccc2N2CCC(Oc3ccccc3)CC2)cc1. The van der Waals surface area contributed by atoms with Gasteiger partial charge < -0.3 is 9.64 Å². The third kappa shape index (κ3) is 5.77. The van der Waals surface area contributed by atoms with E-state index < -0.39 is 20.0 Å². The standard InChI is InChI=1S/C25H29N3O5S2/c1-27(2)35(31,32)23-14-12-22(13-15-23)34(29,30)26-24-10-6-7-11-25(24)28-18-16-21(17-19-28)33-20-8-4-3-5-9-20/h3-15,21,26H,16-19H2,1-2H3. The van der Waals surface area contributed by atoms with Crippen molar-refractivity contribution in [2.75, 3.05) is 36.8 Å². The Balaban J connectivity index is 1.47. The van der Waals surface area contributed by atoms with Crippen LogP contribution in [0.2, 0.25) is 0 Å². The van der Waals surface area contributed by atoms with Gasteiger partial charge in [-0.2, -0.15) is 0 Å². The van der Waals surface area contributed by atoms with Crippen molar-refractivity contribution < 1.29 is 21.6 Å². The molecule has 0 aliphatic carbocycles. The molecule has 1 aliphatic rings. The van der Waals surface area contributed by atoms with Crippen LogP contribution < -0.4 is 14.4 Å². The van der Waals surface area contributed by atoms with E-state index in [1.807, 2.05) is 42.5 Å². The lowest BCUT2D eigenvalue weighted by molar-refractivity contribution is 0.171. The number of nitrogens with zero attached hydrogens (tertiary/aromatic N) is 2. The lowest BCUT2D eigenvalue weighted by Crippen LogP contribution is -2.38. The molecular weight excluding hydrogens is 486 g/mol. The van der Waals surface area contributed by atoms with Crippen LogP contribution in [0.25, 0.3) is 0 Å². The van der Waals surface area contributed by atoms with Crippen LogP contribution in [0.15, 0.2) is 88.7 Å². The van der Waals surface area contributed by atoms with Gasteiger partial charge in [-0.15, -0.1) is 0 Å². The van der Waals surface area contributed by atoms with E-state index in [1.165, 1.54) is 38.4 Å². The molecule has 0 radical (unpaired) electrons. The van der Waals surface area contributed by atoms with E-state index in [9.17, 15) is 16.8 Å². The summed E-state index contributed by atoms with van der Waals surface area (Å²) in [4.78, 5) is 2.16. The predicted molar refractivity (Wildman–Crippen MR) is 137 cm³/mol. The highest BCUT2D eigenvalue weighted by Gasteiger charge is 2.24. The molecule has 8 nitrogen and oxygen atoms in total. The summed E-state index contributed by atoms with van der Waals surface area (Å²) >= 11 is 0. The molecule has 1 heterocycles. The van der Waals surface area contributed by atoms with Gasteiger partial charge in [0.15, 0.2) is 0 Å². The maximum absolute atomic E-state index is 13.1. The number of hydrogen-bond acceptors (Lipinski definition) is 6. The first kappa shape index (κ1) is 25.0. The van der Waals surface area contributed by atoms with Gasteiger partial charge in [-0.05, 0) is 48.5 Å². The fraction of sp³-hybridized carbons (Fsp3) is 0.280. The molecule has 3 aromatic carbocycles. The van der Waals surface area contributed by atoms with Gasteiger partial charge in [-0.25, -0.2) is 21.1 Å². The molecule has 3 aromatic rings. The molecule has 4 rings (SSSR count). The first-order valence-corrected chi connectivity index (χ1v) is 14.2. The van der Waals surface area contributed by atoms with Gasteiger partial charge in [0.1, 0.15) is 11.9 Å². The number of rotatable bonds is 8. The fourth-order valence-electron chi connectivity index (χ4n) is 3.95. The molecule has 0 unspecified atom stereocenters. The van der Waals surface area contributed by atoms with Crippen LogP contribution in [0.4, 0.5) is 11.4 Å². The Morgan fingerprint density at radius 3 is 2.00 bits per heavy atom. The number of sulfonamides is 2. The van der Waals surface area contributed by atoms with Crippen molar-refractivity contribution in [3.05, 3.63) is 78.9 Å². The number of benzene rings is 3. The van der Waals surface area contributed by atoms with E-state index in [-0.39, 0.29) is 15.9 Å². The summed E-state index contributed by atoms with van der Waals surface area (Å²) in [6, 6.07) is 22.2. The second kappa shape index (κ2) is 10.3. The summed E-state index contributed by atoms with van der Waals surface area (Å²) in [7, 11) is -4.71. The Hall–Kier alpha value is -3.08. The number of anilines is 2. The molecule has 35 heavy (non-hydrogen) atoms. The van der Waals surface area contributed by atoms with Gasteiger partial charge >= 0.3 is 0 Å². The Morgan fingerprint density at radius 2 is 1.37 bits per heavy atom. The van der Waals surface area contributed by atoms with E-state index in [1.54, 1.807) is 12.1 Å². The smallest absolute Gasteiger partial charge is 0.261 e. The lowest BCUT2D eigenvalue weighted by Gasteiger charge is -2.34. The van der Waals surface area contributed by atoms with Gasteiger partial charge in [0, 0.05) is 40.0 Å². The van der Waals surface area contributed by atoms with Gasteiger partial charge in [0.2, 0.25) is 10.0 Å². The van der Waals surface area contributed by atoms with Crippen LogP contribution >= 0.6 is 0 Å². The molecule has 0 amide bonds. The Kier molecular flexibility index (Phi) is 7.34. The van der Waals surface area contributed by atoms with E-state index in [4.69, 9.17) is 4.74 Å². The van der Waals surface area contributed by atoms with Crippen LogP contribution in [-0.4, -0.2) is 54.4 Å². The van der Waals surface area contributed by atoms with Crippen LogP contribution in [0.3, 0.4) is 0 Å². The number of piperidine rings is 1. The zero-order valence-corrected chi connectivity index (χ0v) is 21.3. The Labute approximate surface area is 207 Å². The van der Waals surface area contributed by atoms with E-state index in [0.717, 1.165) is 41.7 Å². The minimum atomic E-state index is -3.92. The highest BCUT2D eigenvalue weighted by atomic mass is 32.2. The average molecular weight is 516 g/mol.